The van der Waals surface area contributed by atoms with Crippen molar-refractivity contribution < 1.29 is 0 Å². The molecular formula is C7H12ClN3. The molecule has 0 amide bonds. The summed E-state index contributed by atoms with van der Waals surface area (Å²) in [6.45, 7) is 4.36. The average molecular weight is 174 g/mol. The van der Waals surface area contributed by atoms with Gasteiger partial charge in [0.2, 0.25) is 0 Å². The molecule has 0 bridgehead atoms. The summed E-state index contributed by atoms with van der Waals surface area (Å²) in [4.78, 5) is 7.66. The Kier molecular flexibility index (Phi) is 5.70. The number of nitrogens with two attached hydrogens (primary N) is 1. The first-order valence-electron chi connectivity index (χ1n) is 3.49. The van der Waals surface area contributed by atoms with Gasteiger partial charge in [-0.25, -0.2) is 9.97 Å². The van der Waals surface area contributed by atoms with Crippen LogP contribution in [0.4, 0.5) is 0 Å². The van der Waals surface area contributed by atoms with Crippen LogP contribution in [0.5, 0.6) is 0 Å². The van der Waals surface area contributed by atoms with Gasteiger partial charge in [0, 0.05) is 12.4 Å². The van der Waals surface area contributed by atoms with E-state index in [1.165, 1.54) is 12.4 Å². The normalized spacial score (nSPS) is 8.36. The zero-order valence-electron chi connectivity index (χ0n) is 6.71. The SMILES string of the molecule is CC.NCc1ncc(Cl)cn1. The summed E-state index contributed by atoms with van der Waals surface area (Å²) < 4.78 is 0. The zero-order chi connectivity index (χ0) is 8.69. The Morgan fingerprint density at radius 3 is 2.18 bits per heavy atom. The molecule has 0 unspecified atom stereocenters. The summed E-state index contributed by atoms with van der Waals surface area (Å²) in [6, 6.07) is 0. The van der Waals surface area contributed by atoms with E-state index in [0.29, 0.717) is 17.4 Å². The van der Waals surface area contributed by atoms with Crippen molar-refractivity contribution in [2.45, 2.75) is 20.4 Å². The second kappa shape index (κ2) is 6.07. The molecule has 0 aromatic carbocycles. The lowest BCUT2D eigenvalue weighted by molar-refractivity contribution is 0.909. The molecule has 2 N–H and O–H groups in total. The Hall–Kier alpha value is -0.670. The standard InChI is InChI=1S/C5H6ClN3.C2H6/c6-4-2-8-5(1-7)9-3-4;1-2/h2-3H,1,7H2;1-2H3. The van der Waals surface area contributed by atoms with Gasteiger partial charge in [0.25, 0.3) is 0 Å². The molecule has 1 rings (SSSR count). The van der Waals surface area contributed by atoms with Crippen molar-refractivity contribution in [2.24, 2.45) is 5.73 Å². The molecule has 0 aliphatic carbocycles. The van der Waals surface area contributed by atoms with Gasteiger partial charge in [-0.05, 0) is 0 Å². The van der Waals surface area contributed by atoms with Crippen LogP contribution in [0.1, 0.15) is 19.7 Å². The van der Waals surface area contributed by atoms with Gasteiger partial charge < -0.3 is 5.73 Å². The number of halogens is 1. The molecule has 4 heteroatoms. The lowest BCUT2D eigenvalue weighted by Crippen LogP contribution is -2.01. The maximum atomic E-state index is 5.50. The molecule has 1 aromatic rings. The number of aromatic nitrogens is 2. The summed E-state index contributed by atoms with van der Waals surface area (Å²) in [5, 5.41) is 0.534. The molecule has 1 heterocycles. The minimum atomic E-state index is 0.358. The van der Waals surface area contributed by atoms with E-state index < -0.39 is 0 Å². The first kappa shape index (κ1) is 10.3. The van der Waals surface area contributed by atoms with Crippen molar-refractivity contribution >= 4 is 11.6 Å². The van der Waals surface area contributed by atoms with Crippen molar-refractivity contribution in [2.75, 3.05) is 0 Å². The molecule has 0 spiro atoms. The number of hydrogen-bond acceptors (Lipinski definition) is 3. The molecule has 0 saturated carbocycles. The summed E-state index contributed by atoms with van der Waals surface area (Å²) in [6.07, 6.45) is 3.05. The maximum Gasteiger partial charge on any atom is 0.141 e. The number of nitrogens with zero attached hydrogens (tertiary/aromatic N) is 2. The van der Waals surface area contributed by atoms with Crippen molar-refractivity contribution in [3.05, 3.63) is 23.2 Å². The monoisotopic (exact) mass is 173 g/mol. The van der Waals surface area contributed by atoms with Crippen LogP contribution in [0, 0.1) is 0 Å². The molecule has 62 valence electrons. The molecule has 0 atom stereocenters. The van der Waals surface area contributed by atoms with E-state index in [0.717, 1.165) is 0 Å². The number of rotatable bonds is 1. The maximum absolute atomic E-state index is 5.50. The van der Waals surface area contributed by atoms with Crippen LogP contribution in [-0.4, -0.2) is 9.97 Å². The van der Waals surface area contributed by atoms with E-state index in [4.69, 9.17) is 17.3 Å². The predicted molar refractivity (Wildman–Crippen MR) is 46.3 cm³/mol. The van der Waals surface area contributed by atoms with Crippen LogP contribution < -0.4 is 5.73 Å². The smallest absolute Gasteiger partial charge is 0.141 e. The minimum Gasteiger partial charge on any atom is -0.324 e. The lowest BCUT2D eigenvalue weighted by atomic mass is 10.5. The van der Waals surface area contributed by atoms with Gasteiger partial charge in [0.15, 0.2) is 0 Å². The minimum absolute atomic E-state index is 0.358. The van der Waals surface area contributed by atoms with E-state index in [1.807, 2.05) is 13.8 Å². The van der Waals surface area contributed by atoms with Gasteiger partial charge in [0.05, 0.1) is 11.6 Å². The molecular weight excluding hydrogens is 162 g/mol. The second-order valence-electron chi connectivity index (χ2n) is 1.52. The largest absolute Gasteiger partial charge is 0.324 e. The van der Waals surface area contributed by atoms with Crippen LogP contribution in [-0.2, 0) is 6.54 Å². The highest BCUT2D eigenvalue weighted by molar-refractivity contribution is 6.30. The Morgan fingerprint density at radius 1 is 1.36 bits per heavy atom. The number of hydrogen-bond donors (Lipinski definition) is 1. The molecule has 0 saturated heterocycles. The Bertz CT molecular complexity index is 185. The fourth-order valence-corrected chi connectivity index (χ4v) is 0.542. The van der Waals surface area contributed by atoms with Crippen molar-refractivity contribution in [3.8, 4) is 0 Å². The van der Waals surface area contributed by atoms with Gasteiger partial charge in [0.1, 0.15) is 5.82 Å². The Balaban J connectivity index is 0.000000461. The molecule has 3 nitrogen and oxygen atoms in total. The summed E-state index contributed by atoms with van der Waals surface area (Å²) in [5.74, 6) is 0.611. The highest BCUT2D eigenvalue weighted by Crippen LogP contribution is 2.01. The van der Waals surface area contributed by atoms with Crippen LogP contribution in [0.15, 0.2) is 12.4 Å². The van der Waals surface area contributed by atoms with Crippen LogP contribution in [0.2, 0.25) is 5.02 Å². The van der Waals surface area contributed by atoms with Gasteiger partial charge in [-0.1, -0.05) is 25.4 Å². The highest BCUT2D eigenvalue weighted by atomic mass is 35.5. The fourth-order valence-electron chi connectivity index (χ4n) is 0.444. The molecule has 0 aliphatic heterocycles. The Morgan fingerprint density at radius 2 is 1.82 bits per heavy atom. The van der Waals surface area contributed by atoms with Crippen molar-refractivity contribution in [1.82, 2.24) is 9.97 Å². The van der Waals surface area contributed by atoms with Crippen LogP contribution in [0.3, 0.4) is 0 Å². The first-order valence-corrected chi connectivity index (χ1v) is 3.87. The summed E-state index contributed by atoms with van der Waals surface area (Å²) in [7, 11) is 0. The van der Waals surface area contributed by atoms with Crippen LogP contribution >= 0.6 is 11.6 Å². The third-order valence-corrected chi connectivity index (χ3v) is 1.05. The quantitative estimate of drug-likeness (QED) is 0.702. The first-order chi connectivity index (χ1) is 5.33. The van der Waals surface area contributed by atoms with E-state index in [-0.39, 0.29) is 0 Å². The lowest BCUT2D eigenvalue weighted by Gasteiger charge is -1.91. The molecule has 0 aliphatic rings. The summed E-state index contributed by atoms with van der Waals surface area (Å²) >= 11 is 5.50. The zero-order valence-corrected chi connectivity index (χ0v) is 7.47. The van der Waals surface area contributed by atoms with Gasteiger partial charge in [-0.3, -0.25) is 0 Å². The topological polar surface area (TPSA) is 51.8 Å². The highest BCUT2D eigenvalue weighted by Gasteiger charge is 1.89. The molecule has 0 fully saturated rings. The van der Waals surface area contributed by atoms with Crippen LogP contribution in [0.25, 0.3) is 0 Å². The van der Waals surface area contributed by atoms with Gasteiger partial charge >= 0.3 is 0 Å². The third kappa shape index (κ3) is 3.91. The van der Waals surface area contributed by atoms with E-state index in [1.54, 1.807) is 0 Å². The van der Waals surface area contributed by atoms with E-state index >= 15 is 0 Å². The van der Waals surface area contributed by atoms with E-state index in [2.05, 4.69) is 9.97 Å². The Labute approximate surface area is 71.6 Å². The van der Waals surface area contributed by atoms with Crippen molar-refractivity contribution in [3.63, 3.8) is 0 Å². The van der Waals surface area contributed by atoms with Gasteiger partial charge in [-0.2, -0.15) is 0 Å². The second-order valence-corrected chi connectivity index (χ2v) is 1.96. The fraction of sp³-hybridized carbons (Fsp3) is 0.429. The summed E-state index contributed by atoms with van der Waals surface area (Å²) in [5.41, 5.74) is 5.23. The molecule has 0 radical (unpaired) electrons. The van der Waals surface area contributed by atoms with E-state index in [9.17, 15) is 0 Å². The third-order valence-electron chi connectivity index (χ3n) is 0.856. The molecule has 11 heavy (non-hydrogen) atoms. The predicted octanol–water partition coefficient (Wildman–Crippen LogP) is 1.61. The van der Waals surface area contributed by atoms with Gasteiger partial charge in [-0.15, -0.1) is 0 Å². The van der Waals surface area contributed by atoms with Crippen molar-refractivity contribution in [1.29, 1.82) is 0 Å². The molecule has 1 aromatic heterocycles. The average Bonchev–Trinajstić information content (AvgIpc) is 2.10.